The van der Waals surface area contributed by atoms with E-state index in [1.807, 2.05) is 44.2 Å². The summed E-state index contributed by atoms with van der Waals surface area (Å²) < 4.78 is 47.0. The van der Waals surface area contributed by atoms with E-state index in [-0.39, 0.29) is 60.5 Å². The van der Waals surface area contributed by atoms with Crippen molar-refractivity contribution in [1.29, 1.82) is 0 Å². The van der Waals surface area contributed by atoms with Crippen LogP contribution in [0.2, 0.25) is 0 Å². The van der Waals surface area contributed by atoms with Crippen molar-refractivity contribution in [3.8, 4) is 0 Å². The summed E-state index contributed by atoms with van der Waals surface area (Å²) in [6.07, 6.45) is 2.54. The minimum Gasteiger partial charge on any atom is -0.445 e. The van der Waals surface area contributed by atoms with Crippen LogP contribution < -0.4 is 10.6 Å². The number of hydrogen-bond donors (Lipinski definition) is 3. The second-order valence-electron chi connectivity index (χ2n) is 13.1. The number of benzene rings is 1. The number of aliphatic hydroxyl groups excluding tert-OH is 1. The number of anilines is 1. The molecule has 2 aromatic rings. The van der Waals surface area contributed by atoms with E-state index in [1.165, 1.54) is 21.7 Å². The van der Waals surface area contributed by atoms with Gasteiger partial charge in [-0.15, -0.1) is 11.3 Å². The van der Waals surface area contributed by atoms with Crippen molar-refractivity contribution in [3.05, 3.63) is 65.7 Å². The molecule has 2 saturated carbocycles. The Morgan fingerprint density at radius 2 is 1.87 bits per heavy atom. The maximum atomic E-state index is 14.1. The van der Waals surface area contributed by atoms with Crippen molar-refractivity contribution >= 4 is 32.6 Å². The zero-order valence-electron chi connectivity index (χ0n) is 26.2. The van der Waals surface area contributed by atoms with E-state index in [0.29, 0.717) is 24.4 Å². The van der Waals surface area contributed by atoms with Crippen LogP contribution >= 0.6 is 11.3 Å². The number of aromatic nitrogens is 1. The van der Waals surface area contributed by atoms with Gasteiger partial charge in [-0.2, -0.15) is 4.31 Å². The average molecular weight is 673 g/mol. The number of ether oxygens (including phenoxy) is 3. The molecular formula is C33H44N4O7S2. The van der Waals surface area contributed by atoms with Crippen molar-refractivity contribution in [3.63, 3.8) is 0 Å². The predicted molar refractivity (Wildman–Crippen MR) is 174 cm³/mol. The molecule has 46 heavy (non-hydrogen) atoms. The molecular weight excluding hydrogens is 629 g/mol. The fraction of sp³-hybridized carbons (Fsp3) is 0.576. The van der Waals surface area contributed by atoms with E-state index in [4.69, 9.17) is 14.2 Å². The molecule has 2 aliphatic carbocycles. The van der Waals surface area contributed by atoms with Gasteiger partial charge in [0.15, 0.2) is 11.4 Å². The van der Waals surface area contributed by atoms with Gasteiger partial charge in [0.25, 0.3) is 0 Å². The largest absolute Gasteiger partial charge is 0.445 e. The molecule has 4 aliphatic rings. The van der Waals surface area contributed by atoms with Gasteiger partial charge in [-0.25, -0.2) is 18.2 Å². The van der Waals surface area contributed by atoms with Crippen LogP contribution in [0, 0.1) is 23.7 Å². The van der Waals surface area contributed by atoms with Gasteiger partial charge in [0.2, 0.25) is 10.0 Å². The first-order chi connectivity index (χ1) is 22.2. The van der Waals surface area contributed by atoms with Crippen molar-refractivity contribution in [2.75, 3.05) is 31.6 Å². The highest BCUT2D eigenvalue weighted by atomic mass is 32.2. The molecule has 0 spiro atoms. The van der Waals surface area contributed by atoms with Crippen LogP contribution in [0.3, 0.4) is 0 Å². The summed E-state index contributed by atoms with van der Waals surface area (Å²) in [6.45, 7) is 4.80. The van der Waals surface area contributed by atoms with Gasteiger partial charge in [0.05, 0.1) is 30.3 Å². The predicted octanol–water partition coefficient (Wildman–Crippen LogP) is 4.19. The minimum absolute atomic E-state index is 0.0163. The standard InChI is InChI=1S/C33H44N4O7S2/c1-21(2)17-37(46(40,41)25-9-6-13-34-32(45-14-12-25)35-24-10-11-24)18-29(38)28(15-22-7-4-3-5-8-22)36-33(39)44-30-23-16-26-27(30)20-43-31(26)42-19-23/h3-9,12-14,21,23-24,26-31,38H,10-11,15-20H2,1-2H3,(H,34,35)(H,36,39)/t23?,26?,27?,28-,29+,30?,31?/m0/s1. The first kappa shape index (κ1) is 33.1. The molecule has 3 heterocycles. The number of carbonyl (C=O) groups excluding carboxylic acids is 1. The highest BCUT2D eigenvalue weighted by molar-refractivity contribution is 7.89. The Kier molecular flexibility index (Phi) is 10.5. The average Bonchev–Trinajstić information content (AvgIpc) is 3.64. The summed E-state index contributed by atoms with van der Waals surface area (Å²) in [6, 6.07) is 13.8. The van der Waals surface area contributed by atoms with Crippen LogP contribution in [-0.2, 0) is 30.7 Å². The van der Waals surface area contributed by atoms with E-state index >= 15 is 0 Å². The van der Waals surface area contributed by atoms with Crippen molar-refractivity contribution < 1.29 is 32.5 Å². The molecule has 13 heteroatoms. The van der Waals surface area contributed by atoms with Crippen molar-refractivity contribution in [1.82, 2.24) is 14.6 Å². The fourth-order valence-electron chi connectivity index (χ4n) is 6.62. The number of sulfonamides is 1. The lowest BCUT2D eigenvalue weighted by molar-refractivity contribution is -0.169. The lowest BCUT2D eigenvalue weighted by Crippen LogP contribution is -2.52. The molecule has 6 rings (SSSR count). The van der Waals surface area contributed by atoms with Crippen LogP contribution in [0.15, 0.2) is 65.0 Å². The summed E-state index contributed by atoms with van der Waals surface area (Å²) in [5.74, 6) is 0.397. The number of nitrogens with one attached hydrogen (secondary N) is 2. The molecule has 1 amide bonds. The second kappa shape index (κ2) is 14.5. The quantitative estimate of drug-likeness (QED) is 0.286. The van der Waals surface area contributed by atoms with Crippen LogP contribution in [0.25, 0.3) is 0 Å². The lowest BCUT2D eigenvalue weighted by Gasteiger charge is -2.31. The lowest BCUT2D eigenvalue weighted by atomic mass is 9.98. The Bertz CT molecular complexity index is 1500. The molecule has 250 valence electrons. The molecule has 0 radical (unpaired) electrons. The zero-order chi connectivity index (χ0) is 32.3. The maximum Gasteiger partial charge on any atom is 0.407 e. The Morgan fingerprint density at radius 3 is 2.63 bits per heavy atom. The Labute approximate surface area is 275 Å². The van der Waals surface area contributed by atoms with E-state index < -0.39 is 28.3 Å². The first-order valence-corrected chi connectivity index (χ1v) is 18.5. The third-order valence-corrected chi connectivity index (χ3v) is 11.6. The van der Waals surface area contributed by atoms with Crippen LogP contribution in [-0.4, -0.2) is 85.8 Å². The summed E-state index contributed by atoms with van der Waals surface area (Å²) >= 11 is 1.33. The molecule has 4 fully saturated rings. The molecule has 3 N–H and O–H groups in total. The van der Waals surface area contributed by atoms with Crippen LogP contribution in [0.1, 0.15) is 38.7 Å². The molecule has 1 aromatic carbocycles. The van der Waals surface area contributed by atoms with Gasteiger partial charge in [-0.3, -0.25) is 0 Å². The third kappa shape index (κ3) is 8.00. The SMILES string of the molecule is CC(C)CN(C[C@@H](O)[C@H](Cc1ccccc1)NC(=O)OC1C2COC3OCC1C3C2)S(=O)(=O)c1cccnc(NC2CC2)scc1. The molecule has 5 unspecified atom stereocenters. The zero-order valence-corrected chi connectivity index (χ0v) is 27.9. The summed E-state index contributed by atoms with van der Waals surface area (Å²) in [5, 5.41) is 20.3. The van der Waals surface area contributed by atoms with Gasteiger partial charge in [-0.05, 0) is 60.7 Å². The number of nitrogens with zero attached hydrogens (tertiary/aromatic N) is 2. The highest BCUT2D eigenvalue weighted by Crippen LogP contribution is 2.49. The smallest absolute Gasteiger partial charge is 0.407 e. The Morgan fingerprint density at radius 1 is 1.09 bits per heavy atom. The van der Waals surface area contributed by atoms with Crippen molar-refractivity contribution in [2.24, 2.45) is 23.7 Å². The Hall–Kier alpha value is -2.81. The molecule has 2 bridgehead atoms. The molecule has 2 saturated heterocycles. The maximum absolute atomic E-state index is 14.1. The van der Waals surface area contributed by atoms with E-state index in [9.17, 15) is 18.3 Å². The minimum atomic E-state index is -4.03. The van der Waals surface area contributed by atoms with Crippen LogP contribution in [0.4, 0.5) is 9.93 Å². The van der Waals surface area contributed by atoms with Crippen LogP contribution in [0.5, 0.6) is 0 Å². The summed E-state index contributed by atoms with van der Waals surface area (Å²) in [7, 11) is -4.03. The number of aliphatic hydroxyl groups is 1. The molecule has 2 aliphatic heterocycles. The van der Waals surface area contributed by atoms with E-state index in [1.54, 1.807) is 23.7 Å². The molecule has 11 nitrogen and oxygen atoms in total. The third-order valence-electron chi connectivity index (χ3n) is 9.05. The topological polar surface area (TPSA) is 139 Å². The van der Waals surface area contributed by atoms with E-state index in [2.05, 4.69) is 15.6 Å². The summed E-state index contributed by atoms with van der Waals surface area (Å²) in [5.41, 5.74) is 0.891. The highest BCUT2D eigenvalue weighted by Gasteiger charge is 2.56. The van der Waals surface area contributed by atoms with E-state index in [0.717, 1.165) is 24.8 Å². The second-order valence-corrected chi connectivity index (χ2v) is 16.0. The van der Waals surface area contributed by atoms with Gasteiger partial charge in [0, 0.05) is 43.1 Å². The van der Waals surface area contributed by atoms with Gasteiger partial charge >= 0.3 is 6.09 Å². The van der Waals surface area contributed by atoms with Crippen molar-refractivity contribution in [2.45, 2.75) is 75.0 Å². The number of carbonyl (C=O) groups is 1. The van der Waals surface area contributed by atoms with Gasteiger partial charge in [0.1, 0.15) is 6.10 Å². The first-order valence-electron chi connectivity index (χ1n) is 16.1. The number of amides is 1. The van der Waals surface area contributed by atoms with Gasteiger partial charge in [-0.1, -0.05) is 44.2 Å². The number of hydrogen-bond acceptors (Lipinski definition) is 10. The normalized spacial score (nSPS) is 26.4. The number of fused-ring (bicyclic) bond motifs is 1. The van der Waals surface area contributed by atoms with Gasteiger partial charge < -0.3 is 30.0 Å². The number of rotatable bonds is 13. The monoisotopic (exact) mass is 672 g/mol. The molecule has 7 atom stereocenters. The Balaban J connectivity index is 1.20. The fourth-order valence-corrected chi connectivity index (χ4v) is 9.04. The summed E-state index contributed by atoms with van der Waals surface area (Å²) in [4.78, 5) is 17.9. The number of alkyl carbamates (subject to hydrolysis) is 1. The molecule has 1 aromatic heterocycles.